The Morgan fingerprint density at radius 3 is 2.75 bits per heavy atom. The lowest BCUT2D eigenvalue weighted by molar-refractivity contribution is 0.0250. The van der Waals surface area contributed by atoms with Crippen molar-refractivity contribution in [1.29, 1.82) is 0 Å². The molecular weight excluding hydrogens is 276 g/mol. The summed E-state index contributed by atoms with van der Waals surface area (Å²) in [5.41, 5.74) is 0.380. The zero-order valence-electron chi connectivity index (χ0n) is 12.0. The van der Waals surface area contributed by atoms with Crippen molar-refractivity contribution in [2.45, 2.75) is 36.8 Å². The number of sulfonamides is 1. The Bertz CT molecular complexity index is 551. The highest BCUT2D eigenvalue weighted by Crippen LogP contribution is 2.25. The minimum Gasteiger partial charge on any atom is -0.374 e. The third-order valence-corrected chi connectivity index (χ3v) is 5.07. The van der Waals surface area contributed by atoms with E-state index in [1.807, 2.05) is 19.1 Å². The highest BCUT2D eigenvalue weighted by molar-refractivity contribution is 7.89. The Kier molecular flexibility index (Phi) is 4.80. The maximum absolute atomic E-state index is 12.4. The standard InChI is InChI=1S/C14H22N2O3S/c1-14(8-5-9-19-14)11-16-20(17,18)13-7-4-3-6-12(13)10-15-2/h3-4,6-7,15-16H,5,8-11H2,1-2H3. The number of rotatable bonds is 6. The van der Waals surface area contributed by atoms with Gasteiger partial charge in [0, 0.05) is 19.7 Å². The van der Waals surface area contributed by atoms with Gasteiger partial charge in [-0.15, -0.1) is 0 Å². The zero-order chi connectivity index (χ0) is 14.6. The van der Waals surface area contributed by atoms with Crippen LogP contribution in [-0.2, 0) is 21.3 Å². The SMILES string of the molecule is CNCc1ccccc1S(=O)(=O)NCC1(C)CCCO1. The van der Waals surface area contributed by atoms with Gasteiger partial charge < -0.3 is 10.1 Å². The number of benzene rings is 1. The lowest BCUT2D eigenvalue weighted by Crippen LogP contribution is -2.40. The van der Waals surface area contributed by atoms with Gasteiger partial charge in [-0.3, -0.25) is 0 Å². The van der Waals surface area contributed by atoms with E-state index in [-0.39, 0.29) is 5.60 Å². The second-order valence-corrected chi connectivity index (χ2v) is 7.10. The first-order valence-electron chi connectivity index (χ1n) is 6.83. The molecule has 2 rings (SSSR count). The third-order valence-electron chi connectivity index (χ3n) is 3.57. The fourth-order valence-electron chi connectivity index (χ4n) is 2.40. The van der Waals surface area contributed by atoms with Crippen molar-refractivity contribution in [1.82, 2.24) is 10.0 Å². The van der Waals surface area contributed by atoms with Crippen LogP contribution in [0.2, 0.25) is 0 Å². The maximum atomic E-state index is 12.4. The van der Waals surface area contributed by atoms with E-state index < -0.39 is 10.0 Å². The number of nitrogens with one attached hydrogen (secondary N) is 2. The molecule has 0 saturated carbocycles. The summed E-state index contributed by atoms with van der Waals surface area (Å²) in [6, 6.07) is 7.03. The Morgan fingerprint density at radius 1 is 1.35 bits per heavy atom. The topological polar surface area (TPSA) is 67.4 Å². The van der Waals surface area contributed by atoms with Crippen molar-refractivity contribution in [3.8, 4) is 0 Å². The Balaban J connectivity index is 2.14. The molecule has 0 spiro atoms. The van der Waals surface area contributed by atoms with Gasteiger partial charge in [0.1, 0.15) is 0 Å². The summed E-state index contributed by atoms with van der Waals surface area (Å²) >= 11 is 0. The molecule has 1 aliphatic rings. The van der Waals surface area contributed by atoms with Crippen molar-refractivity contribution in [2.75, 3.05) is 20.2 Å². The van der Waals surface area contributed by atoms with Crippen molar-refractivity contribution in [2.24, 2.45) is 0 Å². The van der Waals surface area contributed by atoms with Crippen LogP contribution in [0.25, 0.3) is 0 Å². The van der Waals surface area contributed by atoms with Gasteiger partial charge in [0.05, 0.1) is 10.5 Å². The summed E-state index contributed by atoms with van der Waals surface area (Å²) in [6.45, 7) is 3.48. The average molecular weight is 298 g/mol. The van der Waals surface area contributed by atoms with Crippen LogP contribution in [0.15, 0.2) is 29.2 Å². The first-order valence-corrected chi connectivity index (χ1v) is 8.31. The third kappa shape index (κ3) is 3.58. The predicted molar refractivity (Wildman–Crippen MR) is 78.0 cm³/mol. The molecule has 1 aromatic rings. The molecule has 0 aliphatic carbocycles. The second kappa shape index (κ2) is 6.22. The van der Waals surface area contributed by atoms with Gasteiger partial charge >= 0.3 is 0 Å². The molecule has 0 radical (unpaired) electrons. The lowest BCUT2D eigenvalue weighted by Gasteiger charge is -2.23. The molecule has 0 amide bonds. The minimum absolute atomic E-state index is 0.309. The van der Waals surface area contributed by atoms with E-state index in [4.69, 9.17) is 4.74 Å². The molecular formula is C14H22N2O3S. The van der Waals surface area contributed by atoms with Gasteiger partial charge in [0.2, 0.25) is 10.0 Å². The van der Waals surface area contributed by atoms with Crippen molar-refractivity contribution < 1.29 is 13.2 Å². The number of ether oxygens (including phenoxy) is 1. The van der Waals surface area contributed by atoms with Gasteiger partial charge in [-0.1, -0.05) is 18.2 Å². The number of hydrogen-bond donors (Lipinski definition) is 2. The smallest absolute Gasteiger partial charge is 0.240 e. The quantitative estimate of drug-likeness (QED) is 0.829. The largest absolute Gasteiger partial charge is 0.374 e. The molecule has 0 bridgehead atoms. The van der Waals surface area contributed by atoms with Gasteiger partial charge in [-0.25, -0.2) is 13.1 Å². The zero-order valence-corrected chi connectivity index (χ0v) is 12.8. The Labute approximate surface area is 120 Å². The highest BCUT2D eigenvalue weighted by atomic mass is 32.2. The Morgan fingerprint density at radius 2 is 2.10 bits per heavy atom. The van der Waals surface area contributed by atoms with E-state index in [1.54, 1.807) is 19.2 Å². The fourth-order valence-corrected chi connectivity index (χ4v) is 3.80. The van der Waals surface area contributed by atoms with Gasteiger partial charge in [-0.05, 0) is 38.4 Å². The molecule has 1 unspecified atom stereocenters. The molecule has 1 saturated heterocycles. The van der Waals surface area contributed by atoms with Crippen LogP contribution in [-0.4, -0.2) is 34.2 Å². The molecule has 1 atom stereocenters. The molecule has 0 aromatic heterocycles. The van der Waals surface area contributed by atoms with Gasteiger partial charge in [-0.2, -0.15) is 0 Å². The molecule has 2 N–H and O–H groups in total. The fraction of sp³-hybridized carbons (Fsp3) is 0.571. The highest BCUT2D eigenvalue weighted by Gasteiger charge is 2.31. The molecule has 1 fully saturated rings. The van der Waals surface area contributed by atoms with Crippen LogP contribution in [0.3, 0.4) is 0 Å². The summed E-state index contributed by atoms with van der Waals surface area (Å²) in [7, 11) is -1.71. The number of hydrogen-bond acceptors (Lipinski definition) is 4. The van der Waals surface area contributed by atoms with E-state index >= 15 is 0 Å². The van der Waals surface area contributed by atoms with Gasteiger partial charge in [0.15, 0.2) is 0 Å². The van der Waals surface area contributed by atoms with Crippen LogP contribution in [0, 0.1) is 0 Å². The van der Waals surface area contributed by atoms with Crippen molar-refractivity contribution in [3.05, 3.63) is 29.8 Å². The van der Waals surface area contributed by atoms with E-state index in [9.17, 15) is 8.42 Å². The Hall–Kier alpha value is -0.950. The summed E-state index contributed by atoms with van der Waals surface area (Å²) < 4.78 is 33.2. The van der Waals surface area contributed by atoms with Crippen molar-refractivity contribution >= 4 is 10.0 Å². The van der Waals surface area contributed by atoms with Crippen LogP contribution in [0.5, 0.6) is 0 Å². The second-order valence-electron chi connectivity index (χ2n) is 5.36. The summed E-state index contributed by atoms with van der Waals surface area (Å²) in [5.74, 6) is 0. The summed E-state index contributed by atoms with van der Waals surface area (Å²) in [5, 5.41) is 2.98. The first-order chi connectivity index (χ1) is 9.47. The average Bonchev–Trinajstić information content (AvgIpc) is 2.85. The maximum Gasteiger partial charge on any atom is 0.240 e. The van der Waals surface area contributed by atoms with Crippen LogP contribution < -0.4 is 10.0 Å². The van der Waals surface area contributed by atoms with E-state index in [1.165, 1.54) is 0 Å². The molecule has 6 heteroatoms. The molecule has 1 heterocycles. The van der Waals surface area contributed by atoms with Crippen LogP contribution in [0.1, 0.15) is 25.3 Å². The summed E-state index contributed by atoms with van der Waals surface area (Å²) in [6.07, 6.45) is 1.86. The van der Waals surface area contributed by atoms with Gasteiger partial charge in [0.25, 0.3) is 0 Å². The molecule has 1 aromatic carbocycles. The molecule has 20 heavy (non-hydrogen) atoms. The van der Waals surface area contributed by atoms with Crippen LogP contribution in [0.4, 0.5) is 0 Å². The monoisotopic (exact) mass is 298 g/mol. The van der Waals surface area contributed by atoms with Crippen LogP contribution >= 0.6 is 0 Å². The molecule has 1 aliphatic heterocycles. The minimum atomic E-state index is -3.51. The first kappa shape index (κ1) is 15.4. The predicted octanol–water partition coefficient (Wildman–Crippen LogP) is 1.25. The van der Waals surface area contributed by atoms with E-state index in [0.717, 1.165) is 18.4 Å². The van der Waals surface area contributed by atoms with Crippen molar-refractivity contribution in [3.63, 3.8) is 0 Å². The van der Waals surface area contributed by atoms with E-state index in [2.05, 4.69) is 10.0 Å². The lowest BCUT2D eigenvalue weighted by atomic mass is 10.0. The molecule has 112 valence electrons. The normalized spacial score (nSPS) is 23.1. The summed E-state index contributed by atoms with van der Waals surface area (Å²) in [4.78, 5) is 0.330. The molecule has 5 nitrogen and oxygen atoms in total. The van der Waals surface area contributed by atoms with E-state index in [0.29, 0.717) is 24.6 Å².